The number of carbonyl (C=O) groups is 1. The minimum atomic E-state index is -0.489. The number of amides is 1. The predicted molar refractivity (Wildman–Crippen MR) is 135 cm³/mol. The van der Waals surface area contributed by atoms with Crippen molar-refractivity contribution in [2.24, 2.45) is 0 Å². The molecule has 35 heavy (non-hydrogen) atoms. The fourth-order valence-corrected chi connectivity index (χ4v) is 4.83. The van der Waals surface area contributed by atoms with Crippen molar-refractivity contribution >= 4 is 28.8 Å². The van der Waals surface area contributed by atoms with Gasteiger partial charge in [-0.1, -0.05) is 29.8 Å². The van der Waals surface area contributed by atoms with Gasteiger partial charge in [0, 0.05) is 56.6 Å². The van der Waals surface area contributed by atoms with E-state index in [9.17, 15) is 9.18 Å². The van der Waals surface area contributed by atoms with Crippen molar-refractivity contribution < 1.29 is 13.9 Å². The Morgan fingerprint density at radius 1 is 1.06 bits per heavy atom. The highest BCUT2D eigenvalue weighted by Gasteiger charge is 2.28. The van der Waals surface area contributed by atoms with Crippen LogP contribution in [0, 0.1) is 5.82 Å². The predicted octanol–water partition coefficient (Wildman–Crippen LogP) is 5.01. The van der Waals surface area contributed by atoms with Gasteiger partial charge in [-0.15, -0.1) is 0 Å². The molecule has 8 heteroatoms. The smallest absolute Gasteiger partial charge is 0.223 e. The molecule has 0 bridgehead atoms. The maximum Gasteiger partial charge on any atom is 0.223 e. The van der Waals surface area contributed by atoms with Gasteiger partial charge in [0.1, 0.15) is 17.2 Å². The second-order valence-electron chi connectivity index (χ2n) is 8.60. The van der Waals surface area contributed by atoms with Gasteiger partial charge in [0.2, 0.25) is 5.91 Å². The average molecular weight is 493 g/mol. The summed E-state index contributed by atoms with van der Waals surface area (Å²) >= 11 is 6.23. The van der Waals surface area contributed by atoms with E-state index in [1.165, 1.54) is 6.07 Å². The van der Waals surface area contributed by atoms with Crippen LogP contribution >= 0.6 is 11.6 Å². The summed E-state index contributed by atoms with van der Waals surface area (Å²) in [5.74, 6) is -0.0246. The summed E-state index contributed by atoms with van der Waals surface area (Å²) in [7, 11) is 1.65. The zero-order valence-corrected chi connectivity index (χ0v) is 20.2. The van der Waals surface area contributed by atoms with Gasteiger partial charge in [-0.3, -0.25) is 4.79 Å². The van der Waals surface area contributed by atoms with Crippen LogP contribution < -0.4 is 9.64 Å². The second-order valence-corrected chi connectivity index (χ2v) is 9.04. The molecule has 4 aromatic rings. The Morgan fingerprint density at radius 2 is 1.80 bits per heavy atom. The average Bonchev–Trinajstić information content (AvgIpc) is 3.30. The summed E-state index contributed by atoms with van der Waals surface area (Å²) in [5.41, 5.74) is 3.01. The van der Waals surface area contributed by atoms with Crippen LogP contribution in [0.1, 0.15) is 23.6 Å². The highest BCUT2D eigenvalue weighted by molar-refractivity contribution is 6.30. The van der Waals surface area contributed by atoms with Crippen LogP contribution in [0.4, 0.5) is 10.1 Å². The van der Waals surface area contributed by atoms with Crippen molar-refractivity contribution in [3.8, 4) is 5.75 Å². The third-order valence-corrected chi connectivity index (χ3v) is 6.81. The Morgan fingerprint density at radius 3 is 2.51 bits per heavy atom. The van der Waals surface area contributed by atoms with Crippen molar-refractivity contribution in [3.63, 3.8) is 0 Å². The van der Waals surface area contributed by atoms with Crippen molar-refractivity contribution in [3.05, 3.63) is 95.2 Å². The molecule has 0 N–H and O–H groups in total. The van der Waals surface area contributed by atoms with E-state index in [2.05, 4.69) is 9.88 Å². The van der Waals surface area contributed by atoms with Crippen LogP contribution in [0.25, 0.3) is 5.65 Å². The Hall–Kier alpha value is -3.58. The molecule has 1 amide bonds. The number of fused-ring (bicyclic) bond motifs is 1. The lowest BCUT2D eigenvalue weighted by Gasteiger charge is -2.36. The number of imidazole rings is 1. The van der Waals surface area contributed by atoms with E-state index in [1.54, 1.807) is 43.8 Å². The maximum atomic E-state index is 14.9. The van der Waals surface area contributed by atoms with Crippen LogP contribution in [-0.2, 0) is 4.79 Å². The lowest BCUT2D eigenvalue weighted by Crippen LogP contribution is -2.49. The minimum absolute atomic E-state index is 0.00962. The fraction of sp³-hybridized carbons (Fsp3) is 0.259. The van der Waals surface area contributed by atoms with E-state index >= 15 is 0 Å². The number of nitrogens with zero attached hydrogens (tertiary/aromatic N) is 4. The summed E-state index contributed by atoms with van der Waals surface area (Å²) in [6.07, 6.45) is 3.60. The van der Waals surface area contributed by atoms with Crippen LogP contribution in [-0.4, -0.2) is 53.5 Å². The van der Waals surface area contributed by atoms with Gasteiger partial charge in [-0.05, 0) is 48.0 Å². The standard InChI is InChI=1S/C27H26ClFN4O2/c1-35-21-9-7-20(8-10-21)31-12-14-32(15-13-31)27(34)16-23(22-4-2-3-5-24(22)29)25-17-30-26-11-6-19(28)18-33(25)26/h2-11,17-18,23H,12-16H2,1H3. The number of carbonyl (C=O) groups excluding carboxylic acids is 1. The highest BCUT2D eigenvalue weighted by atomic mass is 35.5. The summed E-state index contributed by atoms with van der Waals surface area (Å²) in [6.45, 7) is 2.67. The first-order chi connectivity index (χ1) is 17.0. The van der Waals surface area contributed by atoms with E-state index in [-0.39, 0.29) is 18.1 Å². The zero-order chi connectivity index (χ0) is 24.4. The molecule has 2 aromatic carbocycles. The first kappa shape index (κ1) is 23.2. The van der Waals surface area contributed by atoms with E-state index in [0.717, 1.165) is 30.2 Å². The molecule has 5 rings (SSSR count). The highest BCUT2D eigenvalue weighted by Crippen LogP contribution is 2.32. The molecule has 0 aliphatic carbocycles. The summed E-state index contributed by atoms with van der Waals surface area (Å²) < 4.78 is 22.0. The molecule has 0 radical (unpaired) electrons. The number of halogens is 2. The maximum absolute atomic E-state index is 14.9. The van der Waals surface area contributed by atoms with Crippen LogP contribution in [0.15, 0.2) is 73.1 Å². The first-order valence-electron chi connectivity index (χ1n) is 11.6. The number of benzene rings is 2. The molecule has 180 valence electrons. The van der Waals surface area contributed by atoms with Gasteiger partial charge >= 0.3 is 0 Å². The molecule has 1 unspecified atom stereocenters. The first-order valence-corrected chi connectivity index (χ1v) is 11.9. The lowest BCUT2D eigenvalue weighted by atomic mass is 9.91. The normalized spacial score (nSPS) is 14.8. The number of ether oxygens (including phenoxy) is 1. The molecule has 6 nitrogen and oxygen atoms in total. The monoisotopic (exact) mass is 492 g/mol. The van der Waals surface area contributed by atoms with Crippen molar-refractivity contribution in [2.75, 3.05) is 38.2 Å². The number of aromatic nitrogens is 2. The summed E-state index contributed by atoms with van der Waals surface area (Å²) in [4.78, 5) is 22.0. The molecule has 0 saturated carbocycles. The van der Waals surface area contributed by atoms with Gasteiger partial charge in [0.25, 0.3) is 0 Å². The Labute approximate surface area is 208 Å². The summed E-state index contributed by atoms with van der Waals surface area (Å²) in [5, 5.41) is 0.546. The third-order valence-electron chi connectivity index (χ3n) is 6.58. The number of pyridine rings is 1. The Kier molecular flexibility index (Phi) is 6.59. The molecule has 1 atom stereocenters. The lowest BCUT2D eigenvalue weighted by molar-refractivity contribution is -0.131. The topological polar surface area (TPSA) is 50.1 Å². The molecule has 1 fully saturated rings. The van der Waals surface area contributed by atoms with Crippen LogP contribution in [0.3, 0.4) is 0 Å². The molecule has 3 heterocycles. The Bertz CT molecular complexity index is 1330. The molecule has 0 spiro atoms. The van der Waals surface area contributed by atoms with Gasteiger partial charge in [-0.25, -0.2) is 9.37 Å². The van der Waals surface area contributed by atoms with Gasteiger partial charge in [0.05, 0.1) is 17.8 Å². The molecule has 2 aromatic heterocycles. The number of anilines is 1. The van der Waals surface area contributed by atoms with Gasteiger partial charge in [0.15, 0.2) is 0 Å². The molecule has 1 saturated heterocycles. The molecular weight excluding hydrogens is 467 g/mol. The van der Waals surface area contributed by atoms with E-state index in [1.807, 2.05) is 39.6 Å². The van der Waals surface area contributed by atoms with Crippen molar-refractivity contribution in [1.29, 1.82) is 0 Å². The minimum Gasteiger partial charge on any atom is -0.497 e. The zero-order valence-electron chi connectivity index (χ0n) is 19.4. The molecule has 1 aliphatic heterocycles. The largest absolute Gasteiger partial charge is 0.497 e. The second kappa shape index (κ2) is 9.96. The SMILES string of the molecule is COc1ccc(N2CCN(C(=O)CC(c3ccccc3F)c3cnc4ccc(Cl)cn34)CC2)cc1. The third kappa shape index (κ3) is 4.82. The van der Waals surface area contributed by atoms with E-state index in [0.29, 0.717) is 29.3 Å². The number of hydrogen-bond donors (Lipinski definition) is 0. The van der Waals surface area contributed by atoms with Gasteiger partial charge < -0.3 is 18.9 Å². The van der Waals surface area contributed by atoms with Crippen LogP contribution in [0.2, 0.25) is 5.02 Å². The fourth-order valence-electron chi connectivity index (χ4n) is 4.67. The Balaban J connectivity index is 1.35. The van der Waals surface area contributed by atoms with Crippen molar-refractivity contribution in [2.45, 2.75) is 12.3 Å². The van der Waals surface area contributed by atoms with Gasteiger partial charge in [-0.2, -0.15) is 0 Å². The quantitative estimate of drug-likeness (QED) is 0.380. The van der Waals surface area contributed by atoms with Crippen molar-refractivity contribution in [1.82, 2.24) is 14.3 Å². The van der Waals surface area contributed by atoms with E-state index < -0.39 is 5.92 Å². The van der Waals surface area contributed by atoms with E-state index in [4.69, 9.17) is 16.3 Å². The summed E-state index contributed by atoms with van der Waals surface area (Å²) in [6, 6.07) is 18.1. The number of hydrogen-bond acceptors (Lipinski definition) is 4. The number of rotatable bonds is 6. The van der Waals surface area contributed by atoms with Crippen LogP contribution in [0.5, 0.6) is 5.75 Å². The molecular formula is C27H26ClFN4O2. The number of piperazine rings is 1. The number of methoxy groups -OCH3 is 1. The molecule has 1 aliphatic rings.